The number of nitrogens with one attached hydrogen (secondary N) is 1. The smallest absolute Gasteiger partial charge is 0.311 e. The zero-order valence-electron chi connectivity index (χ0n) is 17.9. The molecule has 0 bridgehead atoms. The Bertz CT molecular complexity index is 967. The Balaban J connectivity index is 1.57. The summed E-state index contributed by atoms with van der Waals surface area (Å²) < 4.78 is 5.22. The van der Waals surface area contributed by atoms with Gasteiger partial charge in [0.15, 0.2) is 6.61 Å². The summed E-state index contributed by atoms with van der Waals surface area (Å²) in [5.41, 5.74) is 4.65. The first-order chi connectivity index (χ1) is 14.3. The van der Waals surface area contributed by atoms with Crippen LogP contribution in [0.5, 0.6) is 0 Å². The monoisotopic (exact) mass is 408 g/mol. The minimum Gasteiger partial charge on any atom is -0.455 e. The molecule has 0 saturated carbocycles. The fourth-order valence-electron chi connectivity index (χ4n) is 3.68. The molecule has 0 aliphatic carbocycles. The van der Waals surface area contributed by atoms with Crippen LogP contribution < -0.4 is 10.2 Å². The summed E-state index contributed by atoms with van der Waals surface area (Å²) in [6.45, 7) is 7.93. The second kappa shape index (κ2) is 9.11. The predicted octanol–water partition coefficient (Wildman–Crippen LogP) is 3.96. The number of rotatable bonds is 6. The molecule has 0 spiro atoms. The van der Waals surface area contributed by atoms with Crippen LogP contribution in [0.25, 0.3) is 0 Å². The number of carbonyl (C=O) groups is 3. The van der Waals surface area contributed by atoms with Crippen LogP contribution in [-0.2, 0) is 19.1 Å². The van der Waals surface area contributed by atoms with Gasteiger partial charge in [-0.15, -0.1) is 0 Å². The minimum atomic E-state index is -0.576. The molecule has 6 heteroatoms. The summed E-state index contributed by atoms with van der Waals surface area (Å²) >= 11 is 0. The van der Waals surface area contributed by atoms with Crippen molar-refractivity contribution in [1.29, 1.82) is 0 Å². The van der Waals surface area contributed by atoms with E-state index in [4.69, 9.17) is 4.74 Å². The predicted molar refractivity (Wildman–Crippen MR) is 116 cm³/mol. The maximum atomic E-state index is 12.5. The lowest BCUT2D eigenvalue weighted by molar-refractivity contribution is -0.151. The molecule has 1 saturated heterocycles. The van der Waals surface area contributed by atoms with Gasteiger partial charge in [-0.2, -0.15) is 0 Å². The van der Waals surface area contributed by atoms with Crippen LogP contribution in [0.1, 0.15) is 42.9 Å². The molecule has 158 valence electrons. The number of benzene rings is 2. The summed E-state index contributed by atoms with van der Waals surface area (Å²) in [6.07, 6.45) is 0.0873. The molecule has 0 radical (unpaired) electrons. The number of esters is 1. The van der Waals surface area contributed by atoms with E-state index in [0.717, 1.165) is 22.4 Å². The van der Waals surface area contributed by atoms with E-state index >= 15 is 0 Å². The molecular weight excluding hydrogens is 380 g/mol. The number of amides is 2. The van der Waals surface area contributed by atoms with Crippen molar-refractivity contribution in [1.82, 2.24) is 0 Å². The standard InChI is InChI=1S/C24H28N2O4/c1-15(2)19-9-5-6-10-20(19)25-22(27)14-30-24(29)18-12-23(28)26(13-18)21-11-7-8-16(3)17(21)4/h5-11,15,18H,12-14H2,1-4H3,(H,25,27)/t18-/m0/s1. The molecule has 1 aliphatic heterocycles. The van der Waals surface area contributed by atoms with Crippen LogP contribution in [0.3, 0.4) is 0 Å². The molecule has 1 fully saturated rings. The second-order valence-electron chi connectivity index (χ2n) is 8.02. The van der Waals surface area contributed by atoms with Crippen molar-refractivity contribution < 1.29 is 19.1 Å². The maximum Gasteiger partial charge on any atom is 0.311 e. The van der Waals surface area contributed by atoms with Crippen LogP contribution in [0.4, 0.5) is 11.4 Å². The normalized spacial score (nSPS) is 16.1. The van der Waals surface area contributed by atoms with E-state index in [1.165, 1.54) is 0 Å². The molecule has 2 amide bonds. The summed E-state index contributed by atoms with van der Waals surface area (Å²) in [7, 11) is 0. The largest absolute Gasteiger partial charge is 0.455 e. The minimum absolute atomic E-state index is 0.0873. The number of nitrogens with zero attached hydrogens (tertiary/aromatic N) is 1. The van der Waals surface area contributed by atoms with Crippen LogP contribution in [0.15, 0.2) is 42.5 Å². The number of carbonyl (C=O) groups excluding carboxylic acids is 3. The molecule has 2 aromatic carbocycles. The zero-order valence-corrected chi connectivity index (χ0v) is 17.9. The van der Waals surface area contributed by atoms with Gasteiger partial charge in [0.05, 0.1) is 5.92 Å². The van der Waals surface area contributed by atoms with Crippen LogP contribution in [0, 0.1) is 19.8 Å². The third-order valence-electron chi connectivity index (χ3n) is 5.53. The van der Waals surface area contributed by atoms with Gasteiger partial charge in [0.25, 0.3) is 5.91 Å². The van der Waals surface area contributed by atoms with Gasteiger partial charge in [0.2, 0.25) is 5.91 Å². The van der Waals surface area contributed by atoms with Gasteiger partial charge >= 0.3 is 5.97 Å². The van der Waals surface area contributed by atoms with Crippen LogP contribution in [-0.4, -0.2) is 30.9 Å². The lowest BCUT2D eigenvalue weighted by Crippen LogP contribution is -2.28. The highest BCUT2D eigenvalue weighted by atomic mass is 16.5. The van der Waals surface area contributed by atoms with Gasteiger partial charge < -0.3 is 15.0 Å². The molecule has 2 aromatic rings. The topological polar surface area (TPSA) is 75.7 Å². The van der Waals surface area contributed by atoms with E-state index in [0.29, 0.717) is 5.69 Å². The molecule has 1 aliphatic rings. The van der Waals surface area contributed by atoms with Gasteiger partial charge in [-0.3, -0.25) is 14.4 Å². The van der Waals surface area contributed by atoms with Gasteiger partial charge in [-0.25, -0.2) is 0 Å². The van der Waals surface area contributed by atoms with Crippen molar-refractivity contribution in [3.63, 3.8) is 0 Å². The molecular formula is C24H28N2O4. The number of hydrogen-bond donors (Lipinski definition) is 1. The molecule has 1 atom stereocenters. The number of para-hydroxylation sites is 1. The maximum absolute atomic E-state index is 12.5. The molecule has 3 rings (SSSR count). The molecule has 6 nitrogen and oxygen atoms in total. The Labute approximate surface area is 177 Å². The quantitative estimate of drug-likeness (QED) is 0.734. The van der Waals surface area contributed by atoms with E-state index in [1.54, 1.807) is 4.90 Å². The lowest BCUT2D eigenvalue weighted by atomic mass is 10.0. The fraction of sp³-hybridized carbons (Fsp3) is 0.375. The molecule has 0 unspecified atom stereocenters. The fourth-order valence-corrected chi connectivity index (χ4v) is 3.68. The molecule has 1 N–H and O–H groups in total. The van der Waals surface area contributed by atoms with Gasteiger partial charge in [-0.1, -0.05) is 44.2 Å². The first-order valence-corrected chi connectivity index (χ1v) is 10.2. The first-order valence-electron chi connectivity index (χ1n) is 10.2. The SMILES string of the molecule is Cc1cccc(N2C[C@@H](C(=O)OCC(=O)Nc3ccccc3C(C)C)CC2=O)c1C. The highest BCUT2D eigenvalue weighted by Crippen LogP contribution is 2.30. The first kappa shape index (κ1) is 21.6. The Morgan fingerprint density at radius 3 is 2.60 bits per heavy atom. The third-order valence-corrected chi connectivity index (χ3v) is 5.53. The number of anilines is 2. The van der Waals surface area contributed by atoms with Gasteiger partial charge in [-0.05, 0) is 48.6 Å². The molecule has 0 aromatic heterocycles. The Morgan fingerprint density at radius 1 is 1.13 bits per heavy atom. The second-order valence-corrected chi connectivity index (χ2v) is 8.02. The van der Waals surface area contributed by atoms with Gasteiger partial charge in [0.1, 0.15) is 0 Å². The lowest BCUT2D eigenvalue weighted by Gasteiger charge is -2.20. The van der Waals surface area contributed by atoms with Crippen LogP contribution >= 0.6 is 0 Å². The van der Waals surface area contributed by atoms with Crippen molar-refractivity contribution in [2.24, 2.45) is 5.92 Å². The van der Waals surface area contributed by atoms with Gasteiger partial charge in [0, 0.05) is 24.3 Å². The Kier molecular flexibility index (Phi) is 6.55. The van der Waals surface area contributed by atoms with Crippen molar-refractivity contribution in [2.45, 2.75) is 40.0 Å². The number of hydrogen-bond acceptors (Lipinski definition) is 4. The van der Waals surface area contributed by atoms with E-state index in [-0.39, 0.29) is 31.4 Å². The number of ether oxygens (including phenoxy) is 1. The van der Waals surface area contributed by atoms with E-state index in [2.05, 4.69) is 5.32 Å². The highest BCUT2D eigenvalue weighted by Gasteiger charge is 2.37. The van der Waals surface area contributed by atoms with E-state index in [9.17, 15) is 14.4 Å². The highest BCUT2D eigenvalue weighted by molar-refractivity contribution is 6.00. The summed E-state index contributed by atoms with van der Waals surface area (Å²) in [5, 5.41) is 2.80. The molecule has 1 heterocycles. The molecule has 30 heavy (non-hydrogen) atoms. The third kappa shape index (κ3) is 4.70. The van der Waals surface area contributed by atoms with E-state index in [1.807, 2.05) is 70.2 Å². The summed E-state index contributed by atoms with van der Waals surface area (Å²) in [4.78, 5) is 38.8. The Hall–Kier alpha value is -3.15. The van der Waals surface area contributed by atoms with Crippen molar-refractivity contribution in [3.05, 3.63) is 59.2 Å². The van der Waals surface area contributed by atoms with E-state index < -0.39 is 17.8 Å². The van der Waals surface area contributed by atoms with Crippen molar-refractivity contribution in [2.75, 3.05) is 23.4 Å². The van der Waals surface area contributed by atoms with Crippen molar-refractivity contribution in [3.8, 4) is 0 Å². The summed E-state index contributed by atoms with van der Waals surface area (Å²) in [5.74, 6) is -1.35. The van der Waals surface area contributed by atoms with Crippen LogP contribution in [0.2, 0.25) is 0 Å². The summed E-state index contributed by atoms with van der Waals surface area (Å²) in [6, 6.07) is 13.3. The number of aryl methyl sites for hydroxylation is 1. The average molecular weight is 408 g/mol. The Morgan fingerprint density at radius 2 is 1.87 bits per heavy atom. The average Bonchev–Trinajstić information content (AvgIpc) is 3.10. The van der Waals surface area contributed by atoms with Crippen molar-refractivity contribution >= 4 is 29.2 Å². The zero-order chi connectivity index (χ0) is 21.8.